The van der Waals surface area contributed by atoms with E-state index in [1.54, 1.807) is 42.5 Å². The summed E-state index contributed by atoms with van der Waals surface area (Å²) in [4.78, 5) is 38.8. The summed E-state index contributed by atoms with van der Waals surface area (Å²) < 4.78 is 25.7. The SMILES string of the molecule is CCc1ccccc1NC(=O)CN1C(=O)N/C(=C/c2cc(Br)c(OCc3ccccc3F)c(OC)c2)C1=O. The van der Waals surface area contributed by atoms with Gasteiger partial charge in [0.1, 0.15) is 24.7 Å². The number of aryl methyl sites for hydroxylation is 1. The molecule has 10 heteroatoms. The molecule has 3 aromatic rings. The molecular formula is C28H25BrFN3O5. The number of hydrogen-bond donors (Lipinski definition) is 2. The molecule has 0 spiro atoms. The van der Waals surface area contributed by atoms with Gasteiger partial charge in [-0.2, -0.15) is 0 Å². The molecule has 0 bridgehead atoms. The first-order valence-electron chi connectivity index (χ1n) is 11.8. The highest BCUT2D eigenvalue weighted by Crippen LogP contribution is 2.38. The molecule has 4 amide bonds. The Balaban J connectivity index is 1.48. The molecule has 1 aliphatic heterocycles. The molecule has 1 heterocycles. The highest BCUT2D eigenvalue weighted by Gasteiger charge is 2.35. The lowest BCUT2D eigenvalue weighted by molar-refractivity contribution is -0.127. The summed E-state index contributed by atoms with van der Waals surface area (Å²) >= 11 is 3.43. The summed E-state index contributed by atoms with van der Waals surface area (Å²) in [5, 5.41) is 5.27. The van der Waals surface area contributed by atoms with Gasteiger partial charge in [-0.25, -0.2) is 14.1 Å². The maximum atomic E-state index is 14.0. The van der Waals surface area contributed by atoms with Gasteiger partial charge in [-0.1, -0.05) is 43.3 Å². The molecule has 2 N–H and O–H groups in total. The topological polar surface area (TPSA) is 97.0 Å². The molecule has 1 aliphatic rings. The Hall–Kier alpha value is -4.18. The molecule has 1 fully saturated rings. The number of halogens is 2. The lowest BCUT2D eigenvalue weighted by Crippen LogP contribution is -2.38. The third-order valence-electron chi connectivity index (χ3n) is 5.83. The van der Waals surface area contributed by atoms with E-state index in [0.29, 0.717) is 32.8 Å². The lowest BCUT2D eigenvalue weighted by Gasteiger charge is -2.14. The largest absolute Gasteiger partial charge is 0.493 e. The van der Waals surface area contributed by atoms with Gasteiger partial charge in [0.25, 0.3) is 5.91 Å². The fourth-order valence-electron chi connectivity index (χ4n) is 3.89. The molecule has 0 atom stereocenters. The number of nitrogens with zero attached hydrogens (tertiary/aromatic N) is 1. The van der Waals surface area contributed by atoms with Crippen LogP contribution in [-0.2, 0) is 22.6 Å². The maximum Gasteiger partial charge on any atom is 0.329 e. The van der Waals surface area contributed by atoms with Crippen LogP contribution in [0, 0.1) is 5.82 Å². The first kappa shape index (κ1) is 26.9. The van der Waals surface area contributed by atoms with Crippen molar-refractivity contribution in [3.8, 4) is 11.5 Å². The molecule has 0 saturated carbocycles. The van der Waals surface area contributed by atoms with Crippen LogP contribution in [0.15, 0.2) is 70.8 Å². The smallest absolute Gasteiger partial charge is 0.329 e. The van der Waals surface area contributed by atoms with Crippen molar-refractivity contribution in [2.75, 3.05) is 19.0 Å². The summed E-state index contributed by atoms with van der Waals surface area (Å²) in [7, 11) is 1.45. The van der Waals surface area contributed by atoms with E-state index >= 15 is 0 Å². The van der Waals surface area contributed by atoms with E-state index in [0.717, 1.165) is 16.9 Å². The number of rotatable bonds is 9. The molecule has 38 heavy (non-hydrogen) atoms. The number of ether oxygens (including phenoxy) is 2. The van der Waals surface area contributed by atoms with E-state index < -0.39 is 24.4 Å². The van der Waals surface area contributed by atoms with Crippen LogP contribution in [0.1, 0.15) is 23.6 Å². The molecule has 0 aromatic heterocycles. The van der Waals surface area contributed by atoms with Crippen LogP contribution < -0.4 is 20.1 Å². The number of anilines is 1. The Morgan fingerprint density at radius 3 is 2.53 bits per heavy atom. The summed E-state index contributed by atoms with van der Waals surface area (Å²) in [5.41, 5.74) is 2.50. The van der Waals surface area contributed by atoms with Crippen molar-refractivity contribution in [3.63, 3.8) is 0 Å². The number of carbonyl (C=O) groups is 3. The van der Waals surface area contributed by atoms with Gasteiger partial charge in [-0.05, 0) is 63.8 Å². The van der Waals surface area contributed by atoms with E-state index in [1.807, 2.05) is 19.1 Å². The molecular weight excluding hydrogens is 557 g/mol. The third kappa shape index (κ3) is 6.03. The zero-order valence-corrected chi connectivity index (χ0v) is 22.3. The zero-order chi connectivity index (χ0) is 27.2. The number of imide groups is 1. The van der Waals surface area contributed by atoms with Crippen LogP contribution in [0.2, 0.25) is 0 Å². The van der Waals surface area contributed by atoms with Crippen molar-refractivity contribution < 1.29 is 28.2 Å². The Labute approximate surface area is 227 Å². The van der Waals surface area contributed by atoms with Crippen LogP contribution in [-0.4, -0.2) is 36.4 Å². The van der Waals surface area contributed by atoms with E-state index in [4.69, 9.17) is 9.47 Å². The molecule has 196 valence electrons. The minimum atomic E-state index is -0.698. The normalized spacial score (nSPS) is 14.0. The van der Waals surface area contributed by atoms with Crippen molar-refractivity contribution in [2.24, 2.45) is 0 Å². The average molecular weight is 582 g/mol. The fourth-order valence-corrected chi connectivity index (χ4v) is 4.47. The van der Waals surface area contributed by atoms with Crippen molar-refractivity contribution >= 4 is 45.5 Å². The van der Waals surface area contributed by atoms with Crippen molar-refractivity contribution in [3.05, 3.63) is 93.3 Å². The van der Waals surface area contributed by atoms with Gasteiger partial charge < -0.3 is 20.1 Å². The number of nitrogens with one attached hydrogen (secondary N) is 2. The Kier molecular flexibility index (Phi) is 8.42. The van der Waals surface area contributed by atoms with E-state index in [1.165, 1.54) is 19.3 Å². The standard InChI is InChI=1S/C28H25BrFN3O5/c1-3-18-8-5-7-11-22(18)31-25(34)15-33-27(35)23(32-28(33)36)13-17-12-20(29)26(24(14-17)37-2)38-16-19-9-4-6-10-21(19)30/h4-14H,3,15-16H2,1-2H3,(H,31,34)(H,32,36)/b23-13+. The maximum absolute atomic E-state index is 14.0. The quantitative estimate of drug-likeness (QED) is 0.265. The monoisotopic (exact) mass is 581 g/mol. The van der Waals surface area contributed by atoms with E-state index in [9.17, 15) is 18.8 Å². The highest BCUT2D eigenvalue weighted by atomic mass is 79.9. The molecule has 0 radical (unpaired) electrons. The van der Waals surface area contributed by atoms with Gasteiger partial charge in [-0.3, -0.25) is 9.59 Å². The van der Waals surface area contributed by atoms with E-state index in [-0.39, 0.29) is 18.1 Å². The number of urea groups is 1. The third-order valence-corrected chi connectivity index (χ3v) is 6.42. The highest BCUT2D eigenvalue weighted by molar-refractivity contribution is 9.10. The summed E-state index contributed by atoms with van der Waals surface area (Å²) in [5.74, 6) is -0.817. The second kappa shape index (κ2) is 11.9. The summed E-state index contributed by atoms with van der Waals surface area (Å²) in [6, 6.07) is 16.2. The van der Waals surface area contributed by atoms with Crippen LogP contribution >= 0.6 is 15.9 Å². The molecule has 8 nitrogen and oxygen atoms in total. The molecule has 1 saturated heterocycles. The number of amides is 4. The number of para-hydroxylation sites is 1. The summed E-state index contributed by atoms with van der Waals surface area (Å²) in [6.45, 7) is 1.51. The first-order chi connectivity index (χ1) is 18.3. The second-order valence-electron chi connectivity index (χ2n) is 8.35. The van der Waals surface area contributed by atoms with Gasteiger partial charge in [0.2, 0.25) is 5.91 Å². The van der Waals surface area contributed by atoms with Gasteiger partial charge >= 0.3 is 6.03 Å². The fraction of sp³-hybridized carbons (Fsp3) is 0.179. The van der Waals surface area contributed by atoms with Crippen molar-refractivity contribution in [2.45, 2.75) is 20.0 Å². The number of hydrogen-bond acceptors (Lipinski definition) is 5. The molecule has 3 aromatic carbocycles. The Morgan fingerprint density at radius 1 is 1.11 bits per heavy atom. The predicted molar refractivity (Wildman–Crippen MR) is 144 cm³/mol. The Bertz CT molecular complexity index is 1430. The minimum Gasteiger partial charge on any atom is -0.493 e. The number of methoxy groups -OCH3 is 1. The van der Waals surface area contributed by atoms with Crippen LogP contribution in [0.3, 0.4) is 0 Å². The van der Waals surface area contributed by atoms with Crippen molar-refractivity contribution in [1.82, 2.24) is 10.2 Å². The lowest BCUT2D eigenvalue weighted by atomic mass is 10.1. The van der Waals surface area contributed by atoms with Gasteiger partial charge in [0.05, 0.1) is 11.6 Å². The van der Waals surface area contributed by atoms with Crippen LogP contribution in [0.4, 0.5) is 14.9 Å². The van der Waals surface area contributed by atoms with Gasteiger partial charge in [-0.15, -0.1) is 0 Å². The first-order valence-corrected chi connectivity index (χ1v) is 12.6. The molecule has 0 unspecified atom stereocenters. The van der Waals surface area contributed by atoms with Crippen molar-refractivity contribution in [1.29, 1.82) is 0 Å². The predicted octanol–water partition coefficient (Wildman–Crippen LogP) is 5.27. The second-order valence-corrected chi connectivity index (χ2v) is 9.21. The Morgan fingerprint density at radius 2 is 1.82 bits per heavy atom. The van der Waals surface area contributed by atoms with Gasteiger partial charge in [0.15, 0.2) is 11.5 Å². The molecule has 0 aliphatic carbocycles. The van der Waals surface area contributed by atoms with Crippen LogP contribution in [0.5, 0.6) is 11.5 Å². The number of carbonyl (C=O) groups excluding carboxylic acids is 3. The number of benzene rings is 3. The average Bonchev–Trinajstić information content (AvgIpc) is 3.16. The van der Waals surface area contributed by atoms with Gasteiger partial charge in [0, 0.05) is 11.3 Å². The zero-order valence-electron chi connectivity index (χ0n) is 20.7. The van der Waals surface area contributed by atoms with E-state index in [2.05, 4.69) is 26.6 Å². The van der Waals surface area contributed by atoms with Crippen LogP contribution in [0.25, 0.3) is 6.08 Å². The summed E-state index contributed by atoms with van der Waals surface area (Å²) in [6.07, 6.45) is 2.19. The minimum absolute atomic E-state index is 0.00531. The molecule has 4 rings (SSSR count).